The van der Waals surface area contributed by atoms with E-state index in [2.05, 4.69) is 5.32 Å². The minimum absolute atomic E-state index is 0.0896. The van der Waals surface area contributed by atoms with Gasteiger partial charge in [-0.3, -0.25) is 0 Å². The second-order valence-electron chi connectivity index (χ2n) is 4.44. The average Bonchev–Trinajstić information content (AvgIpc) is 2.45. The monoisotopic (exact) mass is 291 g/mol. The van der Waals surface area contributed by atoms with E-state index in [9.17, 15) is 0 Å². The first-order valence-corrected chi connectivity index (χ1v) is 6.92. The van der Waals surface area contributed by atoms with Crippen LogP contribution in [0.3, 0.4) is 0 Å². The Labute approximate surface area is 124 Å². The minimum atomic E-state index is 0.0896. The number of hydrogen-bond acceptors (Lipinski definition) is 3. The Kier molecular flexibility index (Phi) is 5.41. The molecule has 2 N–H and O–H groups in total. The summed E-state index contributed by atoms with van der Waals surface area (Å²) in [5.41, 5.74) is 1.96. The zero-order valence-corrected chi connectivity index (χ0v) is 12.2. The molecular weight excluding hydrogens is 274 g/mol. The summed E-state index contributed by atoms with van der Waals surface area (Å²) in [6, 6.07) is 13.4. The van der Waals surface area contributed by atoms with Crippen LogP contribution in [0.25, 0.3) is 0 Å². The van der Waals surface area contributed by atoms with E-state index in [0.717, 1.165) is 16.9 Å². The fourth-order valence-corrected chi connectivity index (χ4v) is 2.27. The molecule has 0 saturated carbocycles. The third kappa shape index (κ3) is 3.51. The fraction of sp³-hybridized carbons (Fsp3) is 0.250. The van der Waals surface area contributed by atoms with E-state index in [1.807, 2.05) is 49.5 Å². The van der Waals surface area contributed by atoms with Crippen LogP contribution >= 0.6 is 11.6 Å². The van der Waals surface area contributed by atoms with Crippen LogP contribution in [0.2, 0.25) is 5.02 Å². The lowest BCUT2D eigenvalue weighted by atomic mass is 10.1. The highest BCUT2D eigenvalue weighted by Crippen LogP contribution is 2.34. The molecule has 2 aromatic carbocycles. The molecule has 0 aliphatic rings. The van der Waals surface area contributed by atoms with Crippen molar-refractivity contribution in [1.82, 2.24) is 5.32 Å². The molecule has 20 heavy (non-hydrogen) atoms. The Morgan fingerprint density at radius 3 is 2.60 bits per heavy atom. The van der Waals surface area contributed by atoms with Crippen molar-refractivity contribution in [3.63, 3.8) is 0 Å². The van der Waals surface area contributed by atoms with Crippen LogP contribution in [-0.4, -0.2) is 18.8 Å². The predicted octanol–water partition coefficient (Wildman–Crippen LogP) is 3.39. The molecule has 0 spiro atoms. The lowest BCUT2D eigenvalue weighted by Crippen LogP contribution is -2.07. The van der Waals surface area contributed by atoms with E-state index >= 15 is 0 Å². The first-order valence-electron chi connectivity index (χ1n) is 6.55. The summed E-state index contributed by atoms with van der Waals surface area (Å²) >= 11 is 6.24. The summed E-state index contributed by atoms with van der Waals surface area (Å²) in [7, 11) is 1.88. The van der Waals surface area contributed by atoms with Gasteiger partial charge in [-0.05, 0) is 31.2 Å². The number of nitrogens with one attached hydrogen (secondary N) is 1. The summed E-state index contributed by atoms with van der Waals surface area (Å²) in [6.45, 7) is 0.768. The quantitative estimate of drug-likeness (QED) is 0.857. The molecule has 106 valence electrons. The fourth-order valence-electron chi connectivity index (χ4n) is 2.04. The van der Waals surface area contributed by atoms with Crippen molar-refractivity contribution >= 4 is 11.6 Å². The van der Waals surface area contributed by atoms with Crippen LogP contribution in [0.5, 0.6) is 11.5 Å². The van der Waals surface area contributed by atoms with Crippen molar-refractivity contribution in [2.45, 2.75) is 13.0 Å². The minimum Gasteiger partial charge on any atom is -0.455 e. The topological polar surface area (TPSA) is 41.5 Å². The highest BCUT2D eigenvalue weighted by atomic mass is 35.5. The molecule has 0 bridgehead atoms. The summed E-state index contributed by atoms with van der Waals surface area (Å²) in [5, 5.41) is 12.8. The molecule has 3 nitrogen and oxygen atoms in total. The van der Waals surface area contributed by atoms with E-state index in [1.165, 1.54) is 0 Å². The zero-order chi connectivity index (χ0) is 14.4. The summed E-state index contributed by atoms with van der Waals surface area (Å²) in [4.78, 5) is 0. The molecule has 0 radical (unpaired) electrons. The van der Waals surface area contributed by atoms with Gasteiger partial charge in [-0.25, -0.2) is 0 Å². The SMILES string of the molecule is CNCc1cccc(Cl)c1Oc1ccccc1CCO. The molecular formula is C16H18ClNO2. The summed E-state index contributed by atoms with van der Waals surface area (Å²) < 4.78 is 5.99. The summed E-state index contributed by atoms with van der Waals surface area (Å²) in [5.74, 6) is 1.39. The van der Waals surface area contributed by atoms with Gasteiger partial charge in [0, 0.05) is 18.7 Å². The van der Waals surface area contributed by atoms with Gasteiger partial charge in [0.05, 0.1) is 5.02 Å². The molecule has 0 amide bonds. The van der Waals surface area contributed by atoms with Gasteiger partial charge in [-0.1, -0.05) is 41.9 Å². The van der Waals surface area contributed by atoms with Crippen molar-refractivity contribution in [2.24, 2.45) is 0 Å². The number of aliphatic hydroxyl groups is 1. The van der Waals surface area contributed by atoms with E-state index in [4.69, 9.17) is 21.4 Å². The Balaban J connectivity index is 2.34. The van der Waals surface area contributed by atoms with Gasteiger partial charge in [-0.15, -0.1) is 0 Å². The van der Waals surface area contributed by atoms with Crippen LogP contribution in [0.15, 0.2) is 42.5 Å². The molecule has 0 unspecified atom stereocenters. The smallest absolute Gasteiger partial charge is 0.150 e. The average molecular weight is 292 g/mol. The van der Waals surface area contributed by atoms with Crippen LogP contribution in [-0.2, 0) is 13.0 Å². The second-order valence-corrected chi connectivity index (χ2v) is 4.85. The molecule has 0 heterocycles. The lowest BCUT2D eigenvalue weighted by molar-refractivity contribution is 0.298. The maximum atomic E-state index is 9.11. The van der Waals surface area contributed by atoms with Gasteiger partial charge >= 0.3 is 0 Å². The Morgan fingerprint density at radius 1 is 1.10 bits per heavy atom. The van der Waals surface area contributed by atoms with Crippen molar-refractivity contribution in [3.8, 4) is 11.5 Å². The first kappa shape index (κ1) is 14.9. The van der Waals surface area contributed by atoms with Crippen molar-refractivity contribution in [2.75, 3.05) is 13.7 Å². The molecule has 0 atom stereocenters. The van der Waals surface area contributed by atoms with Gasteiger partial charge in [0.15, 0.2) is 5.75 Å². The van der Waals surface area contributed by atoms with E-state index in [-0.39, 0.29) is 6.61 Å². The Morgan fingerprint density at radius 2 is 1.85 bits per heavy atom. The third-order valence-electron chi connectivity index (χ3n) is 2.98. The standard InChI is InChI=1S/C16H18ClNO2/c1-18-11-13-6-4-7-14(17)16(13)20-15-8-3-2-5-12(15)9-10-19/h2-8,18-19H,9-11H2,1H3. The zero-order valence-electron chi connectivity index (χ0n) is 11.4. The molecule has 0 aliphatic carbocycles. The van der Waals surface area contributed by atoms with Gasteiger partial charge in [0.25, 0.3) is 0 Å². The number of halogens is 1. The number of ether oxygens (including phenoxy) is 1. The van der Waals surface area contributed by atoms with Crippen molar-refractivity contribution < 1.29 is 9.84 Å². The third-order valence-corrected chi connectivity index (χ3v) is 3.28. The van der Waals surface area contributed by atoms with Crippen LogP contribution in [0, 0.1) is 0 Å². The van der Waals surface area contributed by atoms with Crippen LogP contribution < -0.4 is 10.1 Å². The molecule has 0 saturated heterocycles. The first-order chi connectivity index (χ1) is 9.76. The molecule has 0 aromatic heterocycles. The number of para-hydroxylation sites is 2. The molecule has 0 aliphatic heterocycles. The van der Waals surface area contributed by atoms with Gasteiger partial charge < -0.3 is 15.2 Å². The van der Waals surface area contributed by atoms with Crippen molar-refractivity contribution in [3.05, 3.63) is 58.6 Å². The van der Waals surface area contributed by atoms with E-state index in [1.54, 1.807) is 0 Å². The van der Waals surface area contributed by atoms with Gasteiger partial charge in [0.2, 0.25) is 0 Å². The molecule has 0 fully saturated rings. The predicted molar refractivity (Wildman–Crippen MR) is 81.5 cm³/mol. The molecule has 2 aromatic rings. The number of hydrogen-bond donors (Lipinski definition) is 2. The number of aliphatic hydroxyl groups excluding tert-OH is 1. The van der Waals surface area contributed by atoms with E-state index in [0.29, 0.717) is 23.7 Å². The highest BCUT2D eigenvalue weighted by Gasteiger charge is 2.11. The number of rotatable bonds is 6. The maximum Gasteiger partial charge on any atom is 0.150 e. The lowest BCUT2D eigenvalue weighted by Gasteiger charge is -2.15. The molecule has 4 heteroatoms. The van der Waals surface area contributed by atoms with Crippen LogP contribution in [0.1, 0.15) is 11.1 Å². The van der Waals surface area contributed by atoms with Gasteiger partial charge in [0.1, 0.15) is 5.75 Å². The van der Waals surface area contributed by atoms with Gasteiger partial charge in [-0.2, -0.15) is 0 Å². The van der Waals surface area contributed by atoms with Crippen molar-refractivity contribution in [1.29, 1.82) is 0 Å². The van der Waals surface area contributed by atoms with Crippen LogP contribution in [0.4, 0.5) is 0 Å². The highest BCUT2D eigenvalue weighted by molar-refractivity contribution is 6.32. The normalized spacial score (nSPS) is 10.6. The maximum absolute atomic E-state index is 9.11. The second kappa shape index (κ2) is 7.29. The molecule has 2 rings (SSSR count). The Bertz CT molecular complexity index is 572. The largest absolute Gasteiger partial charge is 0.455 e. The van der Waals surface area contributed by atoms with E-state index < -0.39 is 0 Å². The number of benzene rings is 2. The summed E-state index contributed by atoms with van der Waals surface area (Å²) in [6.07, 6.45) is 0.558. The Hall–Kier alpha value is -1.55.